The number of nitrogens with one attached hydrogen (secondary N) is 2. The molecule has 14 heteroatoms. The number of hydrogen-bond acceptors (Lipinski definition) is 10. The van der Waals surface area contributed by atoms with Gasteiger partial charge in [-0.25, -0.2) is 9.03 Å². The van der Waals surface area contributed by atoms with Gasteiger partial charge in [-0.2, -0.15) is 0 Å². The van der Waals surface area contributed by atoms with Crippen LogP contribution in [0.3, 0.4) is 0 Å². The van der Waals surface area contributed by atoms with E-state index in [1.807, 2.05) is 24.3 Å². The largest absolute Gasteiger partial charge is 0.486 e. The first kappa shape index (κ1) is 17.4. The quantitative estimate of drug-likeness (QED) is 0.380. The van der Waals surface area contributed by atoms with Crippen molar-refractivity contribution in [2.24, 2.45) is 0 Å². The van der Waals surface area contributed by atoms with Crippen molar-refractivity contribution in [3.8, 4) is 11.5 Å². The summed E-state index contributed by atoms with van der Waals surface area (Å²) in [6.07, 6.45) is 0. The van der Waals surface area contributed by atoms with Crippen molar-refractivity contribution < 1.29 is 9.47 Å². The van der Waals surface area contributed by atoms with Crippen LogP contribution in [0.25, 0.3) is 9.92 Å². The average Bonchev–Trinajstić information content (AvgIpc) is 3.41. The Labute approximate surface area is 174 Å². The van der Waals surface area contributed by atoms with Crippen molar-refractivity contribution in [1.82, 2.24) is 39.6 Å². The summed E-state index contributed by atoms with van der Waals surface area (Å²) in [6.45, 7) is 0.525. The Morgan fingerprint density at radius 3 is 1.61 bits per heavy atom. The van der Waals surface area contributed by atoms with Gasteiger partial charge in [0.05, 0.1) is 0 Å². The number of ether oxygens (including phenoxy) is 2. The molecule has 0 aliphatic heterocycles. The number of nitrogens with zero attached hydrogens (tertiary/aromatic N) is 6. The molecule has 142 valence electrons. The van der Waals surface area contributed by atoms with Gasteiger partial charge in [0.1, 0.15) is 24.7 Å². The van der Waals surface area contributed by atoms with Crippen LogP contribution in [0.15, 0.2) is 24.3 Å². The molecule has 0 fully saturated rings. The SMILES string of the molecule is S=c1[nH]n2c(COc3ccc(OCc4nnc5sc(=S)[nH]n45)cc3)nnc2s1. The van der Waals surface area contributed by atoms with Crippen LogP contribution < -0.4 is 9.47 Å². The highest BCUT2D eigenvalue weighted by Crippen LogP contribution is 2.20. The smallest absolute Gasteiger partial charge is 0.233 e. The molecule has 4 aromatic heterocycles. The first-order chi connectivity index (χ1) is 13.7. The molecule has 5 rings (SSSR count). The molecule has 0 bridgehead atoms. The number of fused-ring (bicyclic) bond motifs is 2. The van der Waals surface area contributed by atoms with Crippen molar-refractivity contribution in [3.63, 3.8) is 0 Å². The normalized spacial score (nSPS) is 11.4. The van der Waals surface area contributed by atoms with Gasteiger partial charge in [0.25, 0.3) is 0 Å². The van der Waals surface area contributed by atoms with Gasteiger partial charge >= 0.3 is 0 Å². The number of aromatic nitrogens is 8. The minimum atomic E-state index is 0.262. The van der Waals surface area contributed by atoms with E-state index in [-0.39, 0.29) is 13.2 Å². The number of hydrogen-bond donors (Lipinski definition) is 2. The predicted molar refractivity (Wildman–Crippen MR) is 107 cm³/mol. The summed E-state index contributed by atoms with van der Waals surface area (Å²) >= 11 is 12.9. The van der Waals surface area contributed by atoms with Gasteiger partial charge in [-0.15, -0.1) is 20.4 Å². The Hall–Kier alpha value is -2.68. The van der Waals surface area contributed by atoms with E-state index in [2.05, 4.69) is 30.6 Å². The summed E-state index contributed by atoms with van der Waals surface area (Å²) in [6, 6.07) is 7.28. The Balaban J connectivity index is 1.23. The number of aromatic amines is 2. The molecule has 0 atom stereocenters. The van der Waals surface area contributed by atoms with Gasteiger partial charge in [0, 0.05) is 0 Å². The molecule has 5 aromatic rings. The molecule has 28 heavy (non-hydrogen) atoms. The zero-order valence-corrected chi connectivity index (χ0v) is 17.1. The third kappa shape index (κ3) is 3.30. The monoisotopic (exact) mass is 450 g/mol. The van der Waals surface area contributed by atoms with Crippen molar-refractivity contribution >= 4 is 57.0 Å². The Morgan fingerprint density at radius 1 is 0.750 bits per heavy atom. The molecule has 0 aliphatic rings. The molecule has 0 amide bonds. The lowest BCUT2D eigenvalue weighted by atomic mass is 10.3. The molecule has 0 saturated carbocycles. The molecule has 4 heterocycles. The summed E-state index contributed by atoms with van der Waals surface area (Å²) in [4.78, 5) is 1.42. The van der Waals surface area contributed by atoms with Gasteiger partial charge < -0.3 is 9.47 Å². The molecular weight excluding hydrogens is 440 g/mol. The van der Waals surface area contributed by atoms with E-state index in [1.54, 1.807) is 9.03 Å². The predicted octanol–water partition coefficient (Wildman–Crippen LogP) is 3.17. The van der Waals surface area contributed by atoms with Gasteiger partial charge in [-0.3, -0.25) is 10.2 Å². The molecular formula is C14H10N8O2S4. The summed E-state index contributed by atoms with van der Waals surface area (Å²) in [5.74, 6) is 2.66. The average molecular weight is 451 g/mol. The maximum Gasteiger partial charge on any atom is 0.233 e. The first-order valence-electron chi connectivity index (χ1n) is 7.87. The fourth-order valence-electron chi connectivity index (χ4n) is 2.47. The molecule has 1 aromatic carbocycles. The standard InChI is InChI=1S/C14H10N8O2S4/c25-13-19-21-9(15-17-11(21)27-13)5-23-7-1-2-8(4-3-7)24-6-10-16-18-12-22(10)20-14(26)28-12/h1-4H,5-6H2,(H,19,25)(H,20,26). The topological polar surface area (TPSA) is 110 Å². The van der Waals surface area contributed by atoms with Crippen molar-refractivity contribution in [1.29, 1.82) is 0 Å². The molecule has 0 unspecified atom stereocenters. The van der Waals surface area contributed by atoms with E-state index >= 15 is 0 Å². The second-order valence-electron chi connectivity index (χ2n) is 5.52. The highest BCUT2D eigenvalue weighted by atomic mass is 32.2. The van der Waals surface area contributed by atoms with Crippen LogP contribution in [-0.2, 0) is 13.2 Å². The molecule has 0 spiro atoms. The third-order valence-electron chi connectivity index (χ3n) is 3.73. The third-order valence-corrected chi connectivity index (χ3v) is 5.86. The summed E-state index contributed by atoms with van der Waals surface area (Å²) in [5.41, 5.74) is 0. The lowest BCUT2D eigenvalue weighted by Crippen LogP contribution is -2.03. The van der Waals surface area contributed by atoms with Crippen LogP contribution in [0.2, 0.25) is 0 Å². The highest BCUT2D eigenvalue weighted by Gasteiger charge is 2.10. The zero-order valence-electron chi connectivity index (χ0n) is 13.9. The number of rotatable bonds is 6. The minimum absolute atomic E-state index is 0.262. The molecule has 2 N–H and O–H groups in total. The van der Waals surface area contributed by atoms with Gasteiger partial charge in [-0.05, 0) is 48.7 Å². The molecule has 0 radical (unpaired) electrons. The Morgan fingerprint density at radius 2 is 1.18 bits per heavy atom. The van der Waals surface area contributed by atoms with Crippen molar-refractivity contribution in [3.05, 3.63) is 43.8 Å². The number of benzene rings is 1. The maximum atomic E-state index is 5.76. The zero-order chi connectivity index (χ0) is 19.1. The maximum absolute atomic E-state index is 5.76. The van der Waals surface area contributed by atoms with E-state index in [1.165, 1.54) is 22.7 Å². The van der Waals surface area contributed by atoms with E-state index in [0.717, 1.165) is 0 Å². The van der Waals surface area contributed by atoms with Crippen molar-refractivity contribution in [2.75, 3.05) is 0 Å². The lowest BCUT2D eigenvalue weighted by Gasteiger charge is -2.07. The van der Waals surface area contributed by atoms with E-state index < -0.39 is 0 Å². The van der Waals surface area contributed by atoms with Crippen LogP contribution in [-0.4, -0.2) is 39.6 Å². The minimum Gasteiger partial charge on any atom is -0.486 e. The Bertz CT molecular complexity index is 1270. The summed E-state index contributed by atoms with van der Waals surface area (Å²) in [7, 11) is 0. The molecule has 10 nitrogen and oxygen atoms in total. The van der Waals surface area contributed by atoms with E-state index in [4.69, 9.17) is 33.9 Å². The van der Waals surface area contributed by atoms with Crippen LogP contribution in [0.5, 0.6) is 11.5 Å². The van der Waals surface area contributed by atoms with Crippen LogP contribution in [0, 0.1) is 7.91 Å². The van der Waals surface area contributed by atoms with E-state index in [9.17, 15) is 0 Å². The number of H-pyrrole nitrogens is 2. The van der Waals surface area contributed by atoms with Crippen molar-refractivity contribution in [2.45, 2.75) is 13.2 Å². The van der Waals surface area contributed by atoms with Crippen LogP contribution in [0.4, 0.5) is 0 Å². The fourth-order valence-corrected chi connectivity index (χ4v) is 4.35. The molecule has 0 aliphatic carbocycles. The van der Waals surface area contributed by atoms with Gasteiger partial charge in [0.15, 0.2) is 19.6 Å². The van der Waals surface area contributed by atoms with Gasteiger partial charge in [-0.1, -0.05) is 22.7 Å². The van der Waals surface area contributed by atoms with Crippen LogP contribution >= 0.6 is 47.1 Å². The molecule has 0 saturated heterocycles. The summed E-state index contributed by atoms with van der Waals surface area (Å²) in [5, 5.41) is 22.3. The van der Waals surface area contributed by atoms with Crippen LogP contribution in [0.1, 0.15) is 11.6 Å². The van der Waals surface area contributed by atoms with Gasteiger partial charge in [0.2, 0.25) is 9.92 Å². The Kier molecular flexibility index (Phi) is 4.38. The highest BCUT2D eigenvalue weighted by molar-refractivity contribution is 7.73. The summed E-state index contributed by atoms with van der Waals surface area (Å²) < 4.78 is 16.3. The second kappa shape index (κ2) is 7.05. The first-order valence-corrected chi connectivity index (χ1v) is 10.3. The fraction of sp³-hybridized carbons (Fsp3) is 0.143. The lowest BCUT2D eigenvalue weighted by molar-refractivity contribution is 0.284. The second-order valence-corrected chi connectivity index (χ2v) is 8.81. The van der Waals surface area contributed by atoms with E-state index in [0.29, 0.717) is 41.0 Å².